The number of nitro groups is 1. The van der Waals surface area contributed by atoms with Crippen molar-refractivity contribution >= 4 is 23.3 Å². The van der Waals surface area contributed by atoms with E-state index in [9.17, 15) is 14.9 Å². The summed E-state index contributed by atoms with van der Waals surface area (Å²) in [5.41, 5.74) is 4.53. The minimum atomic E-state index is -1.26. The van der Waals surface area contributed by atoms with Crippen LogP contribution in [0.3, 0.4) is 0 Å². The zero-order valence-electron chi connectivity index (χ0n) is 9.01. The number of rotatable bonds is 4. The third kappa shape index (κ3) is 2.92. The first-order chi connectivity index (χ1) is 7.75. The highest BCUT2D eigenvalue weighted by atomic mass is 35.5. The fourth-order valence-corrected chi connectivity index (χ4v) is 1.92. The zero-order chi connectivity index (χ0) is 13.2. The summed E-state index contributed by atoms with van der Waals surface area (Å²) in [5.74, 6) is -1.10. The summed E-state index contributed by atoms with van der Waals surface area (Å²) < 4.78 is 0. The molecule has 1 aromatic carbocycles. The van der Waals surface area contributed by atoms with E-state index in [2.05, 4.69) is 0 Å². The Morgan fingerprint density at radius 2 is 2.24 bits per heavy atom. The third-order valence-electron chi connectivity index (χ3n) is 2.31. The lowest BCUT2D eigenvalue weighted by Crippen LogP contribution is -2.36. The molecule has 1 rings (SSSR count). The molecule has 7 heteroatoms. The molecule has 0 spiro atoms. The highest BCUT2D eigenvalue weighted by molar-refractivity contribution is 6.33. The van der Waals surface area contributed by atoms with Crippen molar-refractivity contribution in [2.45, 2.75) is 18.9 Å². The van der Waals surface area contributed by atoms with Crippen molar-refractivity contribution in [3.8, 4) is 0 Å². The SMILES string of the molecule is C[C@](N)(CC(=O)O)c1cccc([N+](=O)[O-])c1Cl. The molecule has 0 aliphatic heterocycles. The van der Waals surface area contributed by atoms with Gasteiger partial charge in [-0.05, 0) is 12.5 Å². The first kappa shape index (κ1) is 13.4. The van der Waals surface area contributed by atoms with Crippen LogP contribution in [0.1, 0.15) is 18.9 Å². The van der Waals surface area contributed by atoms with Gasteiger partial charge in [0.1, 0.15) is 5.02 Å². The summed E-state index contributed by atoms with van der Waals surface area (Å²) in [6, 6.07) is 4.15. The summed E-state index contributed by atoms with van der Waals surface area (Å²) >= 11 is 5.86. The van der Waals surface area contributed by atoms with Gasteiger partial charge in [-0.15, -0.1) is 0 Å². The molecule has 0 heterocycles. The standard InChI is InChI=1S/C10H11ClN2O4/c1-10(12,5-8(14)15)6-3-2-4-7(9(6)11)13(16)17/h2-4H,5,12H2,1H3,(H,14,15)/t10-/m0/s1. The summed E-state index contributed by atoms with van der Waals surface area (Å²) in [7, 11) is 0. The van der Waals surface area contributed by atoms with E-state index in [0.717, 1.165) is 0 Å². The number of nitrogens with two attached hydrogens (primary N) is 1. The van der Waals surface area contributed by atoms with Crippen molar-refractivity contribution < 1.29 is 14.8 Å². The van der Waals surface area contributed by atoms with E-state index in [1.54, 1.807) is 0 Å². The number of nitro benzene ring substituents is 1. The van der Waals surface area contributed by atoms with E-state index in [1.807, 2.05) is 0 Å². The van der Waals surface area contributed by atoms with Gasteiger partial charge in [-0.1, -0.05) is 23.7 Å². The van der Waals surface area contributed by atoms with Gasteiger partial charge in [0, 0.05) is 6.07 Å². The van der Waals surface area contributed by atoms with E-state index in [1.165, 1.54) is 25.1 Å². The van der Waals surface area contributed by atoms with Crippen LogP contribution in [0, 0.1) is 10.1 Å². The van der Waals surface area contributed by atoms with Crippen LogP contribution in [0.2, 0.25) is 5.02 Å². The Morgan fingerprint density at radius 3 is 2.71 bits per heavy atom. The maximum atomic E-state index is 10.7. The number of hydrogen-bond acceptors (Lipinski definition) is 4. The Morgan fingerprint density at radius 1 is 1.65 bits per heavy atom. The van der Waals surface area contributed by atoms with E-state index < -0.39 is 16.4 Å². The highest BCUT2D eigenvalue weighted by Gasteiger charge is 2.30. The second-order valence-corrected chi connectivity index (χ2v) is 4.26. The fraction of sp³-hybridized carbons (Fsp3) is 0.300. The van der Waals surface area contributed by atoms with Gasteiger partial charge in [-0.2, -0.15) is 0 Å². The molecule has 0 saturated carbocycles. The topological polar surface area (TPSA) is 106 Å². The third-order valence-corrected chi connectivity index (χ3v) is 2.71. The molecule has 3 N–H and O–H groups in total. The van der Waals surface area contributed by atoms with E-state index >= 15 is 0 Å². The number of carbonyl (C=O) groups is 1. The molecule has 0 unspecified atom stereocenters. The minimum absolute atomic E-state index is 0.122. The number of halogens is 1. The molecule has 0 aliphatic rings. The molecule has 0 aliphatic carbocycles. The molecule has 0 radical (unpaired) electrons. The first-order valence-corrected chi connectivity index (χ1v) is 5.07. The molecule has 0 fully saturated rings. The molecule has 1 aromatic rings. The van der Waals surface area contributed by atoms with Crippen molar-refractivity contribution in [2.75, 3.05) is 0 Å². The van der Waals surface area contributed by atoms with Gasteiger partial charge in [-0.25, -0.2) is 0 Å². The van der Waals surface area contributed by atoms with Crippen LogP contribution in [0.5, 0.6) is 0 Å². The van der Waals surface area contributed by atoms with E-state index in [4.69, 9.17) is 22.4 Å². The number of carboxylic acids is 1. The predicted molar refractivity (Wildman–Crippen MR) is 61.9 cm³/mol. The number of benzene rings is 1. The van der Waals surface area contributed by atoms with Gasteiger partial charge < -0.3 is 10.8 Å². The maximum absolute atomic E-state index is 10.7. The molecule has 92 valence electrons. The van der Waals surface area contributed by atoms with Gasteiger partial charge in [-0.3, -0.25) is 14.9 Å². The van der Waals surface area contributed by atoms with Crippen molar-refractivity contribution in [3.63, 3.8) is 0 Å². The second kappa shape index (κ2) is 4.68. The molecule has 0 saturated heterocycles. The van der Waals surface area contributed by atoms with Crippen molar-refractivity contribution in [3.05, 3.63) is 38.9 Å². The number of nitrogens with zero attached hydrogens (tertiary/aromatic N) is 1. The van der Waals surface area contributed by atoms with Crippen molar-refractivity contribution in [2.24, 2.45) is 5.73 Å². The van der Waals surface area contributed by atoms with E-state index in [-0.39, 0.29) is 22.7 Å². The number of carboxylic acid groups (broad SMARTS) is 1. The van der Waals surface area contributed by atoms with Gasteiger partial charge >= 0.3 is 5.97 Å². The van der Waals surface area contributed by atoms with Gasteiger partial charge in [0.15, 0.2) is 0 Å². The largest absolute Gasteiger partial charge is 0.481 e. The monoisotopic (exact) mass is 258 g/mol. The maximum Gasteiger partial charge on any atom is 0.305 e. The minimum Gasteiger partial charge on any atom is -0.481 e. The smallest absolute Gasteiger partial charge is 0.305 e. The lowest BCUT2D eigenvalue weighted by molar-refractivity contribution is -0.384. The normalized spacial score (nSPS) is 14.1. The average molecular weight is 259 g/mol. The average Bonchev–Trinajstić information content (AvgIpc) is 2.14. The molecule has 0 amide bonds. The number of aliphatic carboxylic acids is 1. The van der Waals surface area contributed by atoms with Crippen LogP contribution < -0.4 is 5.73 Å². The Balaban J connectivity index is 3.27. The van der Waals surface area contributed by atoms with Crippen LogP contribution in [0.4, 0.5) is 5.69 Å². The van der Waals surface area contributed by atoms with Crippen LogP contribution >= 0.6 is 11.6 Å². The Kier molecular flexibility index (Phi) is 3.69. The molecule has 6 nitrogen and oxygen atoms in total. The summed E-state index contributed by atoms with van der Waals surface area (Å²) in [6.07, 6.45) is -0.367. The Labute approximate surface area is 102 Å². The molecule has 17 heavy (non-hydrogen) atoms. The summed E-state index contributed by atoms with van der Waals surface area (Å²) in [4.78, 5) is 20.7. The fourth-order valence-electron chi connectivity index (χ4n) is 1.51. The van der Waals surface area contributed by atoms with Crippen LogP contribution in [-0.4, -0.2) is 16.0 Å². The van der Waals surface area contributed by atoms with Crippen molar-refractivity contribution in [1.82, 2.24) is 0 Å². The molecular weight excluding hydrogens is 248 g/mol. The predicted octanol–water partition coefficient (Wildman–Crippen LogP) is 1.90. The van der Waals surface area contributed by atoms with Gasteiger partial charge in [0.2, 0.25) is 0 Å². The van der Waals surface area contributed by atoms with E-state index in [0.29, 0.717) is 0 Å². The van der Waals surface area contributed by atoms with Gasteiger partial charge in [0.25, 0.3) is 5.69 Å². The second-order valence-electron chi connectivity index (χ2n) is 3.88. The first-order valence-electron chi connectivity index (χ1n) is 4.70. The molecular formula is C10H11ClN2O4. The molecule has 0 bridgehead atoms. The Bertz CT molecular complexity index is 473. The molecule has 1 atom stereocenters. The van der Waals surface area contributed by atoms with Gasteiger partial charge in [0.05, 0.1) is 16.9 Å². The highest BCUT2D eigenvalue weighted by Crippen LogP contribution is 2.34. The summed E-state index contributed by atoms with van der Waals surface area (Å²) in [6.45, 7) is 1.46. The Hall–Kier alpha value is -1.66. The summed E-state index contributed by atoms with van der Waals surface area (Å²) in [5, 5.41) is 19.3. The quantitative estimate of drug-likeness (QED) is 0.633. The van der Waals surface area contributed by atoms with Crippen LogP contribution in [0.25, 0.3) is 0 Å². The lowest BCUT2D eigenvalue weighted by Gasteiger charge is -2.23. The van der Waals surface area contributed by atoms with Crippen molar-refractivity contribution in [1.29, 1.82) is 0 Å². The van der Waals surface area contributed by atoms with Crippen LogP contribution in [-0.2, 0) is 10.3 Å². The van der Waals surface area contributed by atoms with Crippen LogP contribution in [0.15, 0.2) is 18.2 Å². The lowest BCUT2D eigenvalue weighted by atomic mass is 9.89. The number of hydrogen-bond donors (Lipinski definition) is 2. The zero-order valence-corrected chi connectivity index (χ0v) is 9.77. The molecule has 0 aromatic heterocycles.